The lowest BCUT2D eigenvalue weighted by Gasteiger charge is -2.19. The standard InChI is InChI=1S/C14H15BrClN3/c1-2-5-19-14(11-7-17-9-18-8-11)10-3-4-12(15)13(16)6-10/h3-4,6-9,14,19H,2,5H2,1H3. The predicted octanol–water partition coefficient (Wildman–Crippen LogP) is 3.98. The van der Waals surface area contributed by atoms with Crippen molar-refractivity contribution in [2.75, 3.05) is 6.54 Å². The van der Waals surface area contributed by atoms with Crippen molar-refractivity contribution >= 4 is 27.5 Å². The fourth-order valence-electron chi connectivity index (χ4n) is 1.87. The van der Waals surface area contributed by atoms with Gasteiger partial charge < -0.3 is 5.32 Å². The Kier molecular flexibility index (Phi) is 5.31. The van der Waals surface area contributed by atoms with E-state index in [1.807, 2.05) is 24.5 Å². The summed E-state index contributed by atoms with van der Waals surface area (Å²) in [6, 6.07) is 6.04. The van der Waals surface area contributed by atoms with Gasteiger partial charge in [0.2, 0.25) is 0 Å². The van der Waals surface area contributed by atoms with Crippen LogP contribution in [0.3, 0.4) is 0 Å². The molecule has 1 unspecified atom stereocenters. The minimum atomic E-state index is 0.0618. The summed E-state index contributed by atoms with van der Waals surface area (Å²) in [5, 5.41) is 4.20. The molecule has 0 radical (unpaired) electrons. The first-order chi connectivity index (χ1) is 9.22. The minimum absolute atomic E-state index is 0.0618. The second-order valence-electron chi connectivity index (χ2n) is 4.23. The first-order valence-corrected chi connectivity index (χ1v) is 7.32. The SMILES string of the molecule is CCCNC(c1cncnc1)c1ccc(Br)c(Cl)c1. The molecule has 1 heterocycles. The Morgan fingerprint density at radius 1 is 1.26 bits per heavy atom. The Balaban J connectivity index is 2.34. The average molecular weight is 341 g/mol. The summed E-state index contributed by atoms with van der Waals surface area (Å²) in [4.78, 5) is 8.17. The lowest BCUT2D eigenvalue weighted by atomic mass is 10.0. The van der Waals surface area contributed by atoms with Gasteiger partial charge >= 0.3 is 0 Å². The maximum absolute atomic E-state index is 6.17. The van der Waals surface area contributed by atoms with Crippen LogP contribution in [0.15, 0.2) is 41.4 Å². The molecule has 5 heteroatoms. The molecule has 1 atom stereocenters. The van der Waals surface area contributed by atoms with Gasteiger partial charge in [0.25, 0.3) is 0 Å². The van der Waals surface area contributed by atoms with E-state index in [4.69, 9.17) is 11.6 Å². The summed E-state index contributed by atoms with van der Waals surface area (Å²) in [5.74, 6) is 0. The lowest BCUT2D eigenvalue weighted by molar-refractivity contribution is 0.595. The van der Waals surface area contributed by atoms with Crippen molar-refractivity contribution in [2.45, 2.75) is 19.4 Å². The van der Waals surface area contributed by atoms with Crippen LogP contribution in [0.5, 0.6) is 0 Å². The van der Waals surface area contributed by atoms with Gasteiger partial charge in [-0.25, -0.2) is 9.97 Å². The molecule has 0 fully saturated rings. The molecular weight excluding hydrogens is 326 g/mol. The Labute approximate surface area is 126 Å². The summed E-state index contributed by atoms with van der Waals surface area (Å²) < 4.78 is 0.900. The molecular formula is C14H15BrClN3. The van der Waals surface area contributed by atoms with Gasteiger partial charge in [-0.15, -0.1) is 0 Å². The Bertz CT molecular complexity index is 533. The molecule has 1 aromatic heterocycles. The molecule has 2 aromatic rings. The molecule has 1 N–H and O–H groups in total. The Morgan fingerprint density at radius 2 is 2.00 bits per heavy atom. The number of aromatic nitrogens is 2. The zero-order valence-corrected chi connectivity index (χ0v) is 12.9. The molecule has 0 aliphatic heterocycles. The van der Waals surface area contributed by atoms with Crippen LogP contribution < -0.4 is 5.32 Å². The number of halogens is 2. The van der Waals surface area contributed by atoms with Gasteiger partial charge in [0, 0.05) is 22.4 Å². The third kappa shape index (κ3) is 3.75. The van der Waals surface area contributed by atoms with Crippen LogP contribution in [0.1, 0.15) is 30.5 Å². The highest BCUT2D eigenvalue weighted by Crippen LogP contribution is 2.28. The molecule has 0 aliphatic rings. The molecule has 1 aromatic carbocycles. The van der Waals surface area contributed by atoms with Gasteiger partial charge in [-0.1, -0.05) is 24.6 Å². The van der Waals surface area contributed by atoms with Gasteiger partial charge in [-0.2, -0.15) is 0 Å². The molecule has 0 saturated carbocycles. The van der Waals surface area contributed by atoms with E-state index in [2.05, 4.69) is 44.2 Å². The van der Waals surface area contributed by atoms with Gasteiger partial charge in [0.1, 0.15) is 6.33 Å². The highest BCUT2D eigenvalue weighted by Gasteiger charge is 2.14. The second-order valence-corrected chi connectivity index (χ2v) is 5.49. The summed E-state index contributed by atoms with van der Waals surface area (Å²) in [6.07, 6.45) is 6.26. The predicted molar refractivity (Wildman–Crippen MR) is 81.3 cm³/mol. The fraction of sp³-hybridized carbons (Fsp3) is 0.286. The third-order valence-electron chi connectivity index (χ3n) is 2.79. The highest BCUT2D eigenvalue weighted by molar-refractivity contribution is 9.10. The van der Waals surface area contributed by atoms with Crippen LogP contribution in [0, 0.1) is 0 Å². The normalized spacial score (nSPS) is 12.4. The maximum Gasteiger partial charge on any atom is 0.115 e. The number of nitrogens with one attached hydrogen (secondary N) is 1. The molecule has 2 rings (SSSR count). The summed E-state index contributed by atoms with van der Waals surface area (Å²) in [5.41, 5.74) is 2.14. The van der Waals surface area contributed by atoms with Crippen LogP contribution in [-0.4, -0.2) is 16.5 Å². The second kappa shape index (κ2) is 6.98. The van der Waals surface area contributed by atoms with E-state index in [1.165, 1.54) is 6.33 Å². The van der Waals surface area contributed by atoms with Crippen molar-refractivity contribution < 1.29 is 0 Å². The highest BCUT2D eigenvalue weighted by atomic mass is 79.9. The summed E-state index contributed by atoms with van der Waals surface area (Å²) >= 11 is 9.58. The maximum atomic E-state index is 6.17. The summed E-state index contributed by atoms with van der Waals surface area (Å²) in [6.45, 7) is 3.06. The van der Waals surface area contributed by atoms with Crippen molar-refractivity contribution in [2.24, 2.45) is 0 Å². The number of rotatable bonds is 5. The molecule has 0 saturated heterocycles. The van der Waals surface area contributed by atoms with Gasteiger partial charge in [-0.05, 0) is 46.6 Å². The van der Waals surface area contributed by atoms with Gasteiger partial charge in [0.05, 0.1) is 11.1 Å². The van der Waals surface area contributed by atoms with Crippen LogP contribution in [0.25, 0.3) is 0 Å². The number of hydrogen-bond donors (Lipinski definition) is 1. The molecule has 0 bridgehead atoms. The third-order valence-corrected chi connectivity index (χ3v) is 4.02. The first-order valence-electron chi connectivity index (χ1n) is 6.15. The average Bonchev–Trinajstić information content (AvgIpc) is 2.44. The Hall–Kier alpha value is -0.970. The van der Waals surface area contributed by atoms with E-state index in [0.717, 1.165) is 28.6 Å². The van der Waals surface area contributed by atoms with Crippen molar-refractivity contribution in [3.05, 3.63) is 57.5 Å². The monoisotopic (exact) mass is 339 g/mol. The summed E-state index contributed by atoms with van der Waals surface area (Å²) in [7, 11) is 0. The number of nitrogens with zero attached hydrogens (tertiary/aromatic N) is 2. The van der Waals surface area contributed by atoms with Crippen LogP contribution in [0.4, 0.5) is 0 Å². The molecule has 0 spiro atoms. The van der Waals surface area contributed by atoms with Crippen LogP contribution in [-0.2, 0) is 0 Å². The molecule has 0 amide bonds. The fourth-order valence-corrected chi connectivity index (χ4v) is 2.30. The van der Waals surface area contributed by atoms with E-state index in [1.54, 1.807) is 0 Å². The zero-order chi connectivity index (χ0) is 13.7. The van der Waals surface area contributed by atoms with E-state index < -0.39 is 0 Å². The Morgan fingerprint density at radius 3 is 2.63 bits per heavy atom. The van der Waals surface area contributed by atoms with Crippen LogP contribution >= 0.6 is 27.5 Å². The first kappa shape index (κ1) is 14.4. The van der Waals surface area contributed by atoms with Gasteiger partial charge in [-0.3, -0.25) is 0 Å². The van der Waals surface area contributed by atoms with Crippen molar-refractivity contribution in [3.63, 3.8) is 0 Å². The lowest BCUT2D eigenvalue weighted by Crippen LogP contribution is -2.23. The smallest absolute Gasteiger partial charge is 0.115 e. The van der Waals surface area contributed by atoms with E-state index in [-0.39, 0.29) is 6.04 Å². The van der Waals surface area contributed by atoms with E-state index >= 15 is 0 Å². The van der Waals surface area contributed by atoms with Crippen molar-refractivity contribution in [1.29, 1.82) is 0 Å². The van der Waals surface area contributed by atoms with E-state index in [0.29, 0.717) is 5.02 Å². The molecule has 0 aliphatic carbocycles. The van der Waals surface area contributed by atoms with Gasteiger partial charge in [0.15, 0.2) is 0 Å². The number of hydrogen-bond acceptors (Lipinski definition) is 3. The molecule has 19 heavy (non-hydrogen) atoms. The largest absolute Gasteiger partial charge is 0.306 e. The molecule has 3 nitrogen and oxygen atoms in total. The number of benzene rings is 1. The van der Waals surface area contributed by atoms with Crippen molar-refractivity contribution in [3.8, 4) is 0 Å². The minimum Gasteiger partial charge on any atom is -0.306 e. The van der Waals surface area contributed by atoms with Crippen LogP contribution in [0.2, 0.25) is 5.02 Å². The van der Waals surface area contributed by atoms with Crippen molar-refractivity contribution in [1.82, 2.24) is 15.3 Å². The molecule has 100 valence electrons. The topological polar surface area (TPSA) is 37.8 Å². The van der Waals surface area contributed by atoms with E-state index in [9.17, 15) is 0 Å². The quantitative estimate of drug-likeness (QED) is 0.894. The zero-order valence-electron chi connectivity index (χ0n) is 10.6.